The molecule has 0 saturated carbocycles. The second kappa shape index (κ2) is 3.69. The molecular weight excluding hydrogens is 200 g/mol. The van der Waals surface area contributed by atoms with Gasteiger partial charge >= 0.3 is 0 Å². The Hall–Kier alpha value is 0.477. The molecule has 0 radical (unpaired) electrons. The third kappa shape index (κ3) is 1.86. The Morgan fingerprint density at radius 1 is 1.25 bits per heavy atom. The molecule has 0 N–H and O–H groups in total. The molecule has 1 heterocycles. The van der Waals surface area contributed by atoms with Crippen LogP contribution in [-0.2, 0) is 0 Å². The molecule has 12 heavy (non-hydrogen) atoms. The largest absolute Gasteiger partial charge is 0.135 e. The summed E-state index contributed by atoms with van der Waals surface area (Å²) >= 11 is 4.01. The van der Waals surface area contributed by atoms with Gasteiger partial charge in [0.2, 0.25) is 0 Å². The van der Waals surface area contributed by atoms with Gasteiger partial charge in [-0.1, -0.05) is 25.6 Å². The summed E-state index contributed by atoms with van der Waals surface area (Å²) in [4.78, 5) is 0. The smallest absolute Gasteiger partial charge is 0.109 e. The van der Waals surface area contributed by atoms with Crippen molar-refractivity contribution < 1.29 is 0 Å². The third-order valence-electron chi connectivity index (χ3n) is 2.08. The van der Waals surface area contributed by atoms with E-state index in [9.17, 15) is 0 Å². The normalized spacial score (nSPS) is 23.2. The SMILES string of the molecule is C#CC1([Si](C)(C)C)SCCCS1. The topological polar surface area (TPSA) is 0 Å². The molecule has 0 aromatic rings. The lowest BCUT2D eigenvalue weighted by Crippen LogP contribution is -2.47. The second-order valence-electron chi connectivity index (χ2n) is 4.06. The number of rotatable bonds is 1. The van der Waals surface area contributed by atoms with Crippen molar-refractivity contribution in [3.05, 3.63) is 0 Å². The van der Waals surface area contributed by atoms with Gasteiger partial charge in [0.1, 0.15) is 3.70 Å². The van der Waals surface area contributed by atoms with E-state index < -0.39 is 8.07 Å². The molecule has 1 saturated heterocycles. The molecule has 1 aliphatic rings. The van der Waals surface area contributed by atoms with E-state index >= 15 is 0 Å². The Kier molecular flexibility index (Phi) is 3.25. The van der Waals surface area contributed by atoms with Crippen molar-refractivity contribution >= 4 is 31.6 Å². The molecule has 0 atom stereocenters. The summed E-state index contributed by atoms with van der Waals surface area (Å²) < 4.78 is 0.158. The van der Waals surface area contributed by atoms with E-state index in [1.165, 1.54) is 17.9 Å². The summed E-state index contributed by atoms with van der Waals surface area (Å²) in [5.74, 6) is 5.55. The predicted molar refractivity (Wildman–Crippen MR) is 64.4 cm³/mol. The van der Waals surface area contributed by atoms with E-state index in [4.69, 9.17) is 6.42 Å². The summed E-state index contributed by atoms with van der Waals surface area (Å²) in [5, 5.41) is 0. The van der Waals surface area contributed by atoms with Crippen LogP contribution in [0.3, 0.4) is 0 Å². The Labute approximate surface area is 85.3 Å². The first kappa shape index (κ1) is 10.6. The van der Waals surface area contributed by atoms with E-state index in [1.54, 1.807) is 0 Å². The minimum Gasteiger partial charge on any atom is -0.135 e. The monoisotopic (exact) mass is 216 g/mol. The van der Waals surface area contributed by atoms with Gasteiger partial charge < -0.3 is 0 Å². The maximum absolute atomic E-state index is 5.67. The molecule has 0 amide bonds. The molecule has 68 valence electrons. The highest BCUT2D eigenvalue weighted by Crippen LogP contribution is 2.47. The lowest BCUT2D eigenvalue weighted by molar-refractivity contribution is 1.10. The minimum absolute atomic E-state index is 0.158. The number of thioether (sulfide) groups is 2. The molecule has 0 aliphatic carbocycles. The van der Waals surface area contributed by atoms with E-state index in [1.807, 2.05) is 23.5 Å². The molecule has 0 bridgehead atoms. The standard InChI is InChI=1S/C9H16S2Si/c1-5-9(12(2,3)4)10-7-6-8-11-9/h1H,6-8H2,2-4H3. The summed E-state index contributed by atoms with van der Waals surface area (Å²) in [6.07, 6.45) is 6.99. The van der Waals surface area contributed by atoms with Crippen LogP contribution < -0.4 is 0 Å². The molecule has 0 aromatic carbocycles. The maximum Gasteiger partial charge on any atom is 0.109 e. The first-order chi connectivity index (χ1) is 5.52. The third-order valence-corrected chi connectivity index (χ3v) is 11.5. The average Bonchev–Trinajstić information content (AvgIpc) is 2.04. The van der Waals surface area contributed by atoms with Crippen LogP contribution in [-0.4, -0.2) is 23.3 Å². The Morgan fingerprint density at radius 3 is 2.00 bits per heavy atom. The zero-order valence-corrected chi connectivity index (χ0v) is 10.6. The Balaban J connectivity index is 2.83. The van der Waals surface area contributed by atoms with Gasteiger partial charge in [-0.2, -0.15) is 0 Å². The summed E-state index contributed by atoms with van der Waals surface area (Å²) in [5.41, 5.74) is 0. The fourth-order valence-electron chi connectivity index (χ4n) is 1.27. The van der Waals surface area contributed by atoms with Gasteiger partial charge in [-0.15, -0.1) is 29.9 Å². The minimum atomic E-state index is -1.22. The van der Waals surface area contributed by atoms with E-state index in [2.05, 4.69) is 25.6 Å². The highest BCUT2D eigenvalue weighted by Gasteiger charge is 2.44. The molecule has 1 aliphatic heterocycles. The molecule has 1 rings (SSSR count). The maximum atomic E-state index is 5.67. The van der Waals surface area contributed by atoms with Gasteiger partial charge in [0.25, 0.3) is 0 Å². The van der Waals surface area contributed by atoms with E-state index in [-0.39, 0.29) is 3.70 Å². The fourth-order valence-corrected chi connectivity index (χ4v) is 8.11. The molecular formula is C9H16S2Si. The first-order valence-electron chi connectivity index (χ1n) is 4.27. The second-order valence-corrected chi connectivity index (χ2v) is 12.9. The van der Waals surface area contributed by atoms with Crippen LogP contribution in [0.1, 0.15) is 6.42 Å². The summed E-state index contributed by atoms with van der Waals surface area (Å²) in [6.45, 7) is 7.12. The predicted octanol–water partition coefficient (Wildman–Crippen LogP) is 3.06. The van der Waals surface area contributed by atoms with Gasteiger partial charge in [0.05, 0.1) is 8.07 Å². The number of hydrogen-bond acceptors (Lipinski definition) is 2. The molecule has 1 fully saturated rings. The van der Waals surface area contributed by atoms with Crippen molar-refractivity contribution in [1.82, 2.24) is 0 Å². The van der Waals surface area contributed by atoms with Gasteiger partial charge in [-0.05, 0) is 17.9 Å². The Bertz CT molecular complexity index is 194. The van der Waals surface area contributed by atoms with Gasteiger partial charge in [-0.25, -0.2) is 0 Å². The van der Waals surface area contributed by atoms with Crippen molar-refractivity contribution in [3.8, 4) is 12.3 Å². The highest BCUT2D eigenvalue weighted by atomic mass is 32.2. The Morgan fingerprint density at radius 2 is 1.75 bits per heavy atom. The first-order valence-corrected chi connectivity index (χ1v) is 9.75. The summed E-state index contributed by atoms with van der Waals surface area (Å²) in [6, 6.07) is 0. The molecule has 0 nitrogen and oxygen atoms in total. The van der Waals surface area contributed by atoms with Crippen molar-refractivity contribution in [2.45, 2.75) is 29.8 Å². The van der Waals surface area contributed by atoms with E-state index in [0.717, 1.165) is 0 Å². The van der Waals surface area contributed by atoms with Crippen molar-refractivity contribution in [3.63, 3.8) is 0 Å². The van der Waals surface area contributed by atoms with Gasteiger partial charge in [0.15, 0.2) is 0 Å². The van der Waals surface area contributed by atoms with Crippen molar-refractivity contribution in [1.29, 1.82) is 0 Å². The molecule has 0 unspecified atom stereocenters. The molecule has 0 spiro atoms. The van der Waals surface area contributed by atoms with Crippen LogP contribution in [0.25, 0.3) is 0 Å². The lowest BCUT2D eigenvalue weighted by atomic mass is 10.6. The van der Waals surface area contributed by atoms with Crippen LogP contribution in [0.5, 0.6) is 0 Å². The van der Waals surface area contributed by atoms with Crippen LogP contribution in [0.4, 0.5) is 0 Å². The van der Waals surface area contributed by atoms with Crippen LogP contribution in [0.2, 0.25) is 19.6 Å². The molecule has 0 aromatic heterocycles. The highest BCUT2D eigenvalue weighted by molar-refractivity contribution is 8.21. The van der Waals surface area contributed by atoms with Crippen LogP contribution in [0.15, 0.2) is 0 Å². The van der Waals surface area contributed by atoms with Crippen molar-refractivity contribution in [2.24, 2.45) is 0 Å². The zero-order chi connectivity index (χ0) is 9.24. The average molecular weight is 216 g/mol. The van der Waals surface area contributed by atoms with Crippen molar-refractivity contribution in [2.75, 3.05) is 11.5 Å². The summed E-state index contributed by atoms with van der Waals surface area (Å²) in [7, 11) is -1.22. The number of hydrogen-bond donors (Lipinski definition) is 0. The number of terminal acetylenes is 1. The lowest BCUT2D eigenvalue weighted by Gasteiger charge is -2.40. The van der Waals surface area contributed by atoms with Crippen LogP contribution >= 0.6 is 23.5 Å². The van der Waals surface area contributed by atoms with E-state index in [0.29, 0.717) is 0 Å². The van der Waals surface area contributed by atoms with Crippen LogP contribution in [0, 0.1) is 12.3 Å². The zero-order valence-electron chi connectivity index (χ0n) is 8.02. The van der Waals surface area contributed by atoms with Gasteiger partial charge in [-0.3, -0.25) is 0 Å². The quantitative estimate of drug-likeness (QED) is 0.488. The fraction of sp³-hybridized carbons (Fsp3) is 0.778. The van der Waals surface area contributed by atoms with Gasteiger partial charge in [0, 0.05) is 0 Å². The molecule has 3 heteroatoms.